The maximum atomic E-state index is 12.0. The lowest BCUT2D eigenvalue weighted by Gasteiger charge is -2.19. The van der Waals surface area contributed by atoms with Crippen LogP contribution in [-0.4, -0.2) is 50.7 Å². The fourth-order valence-electron chi connectivity index (χ4n) is 3.51. The van der Waals surface area contributed by atoms with Gasteiger partial charge in [-0.15, -0.1) is 0 Å². The quantitative estimate of drug-likeness (QED) is 0.347. The number of carbonyl (C=O) groups excluding carboxylic acids is 1. The van der Waals surface area contributed by atoms with Gasteiger partial charge in [-0.25, -0.2) is 0 Å². The van der Waals surface area contributed by atoms with Crippen molar-refractivity contribution in [3.63, 3.8) is 0 Å². The summed E-state index contributed by atoms with van der Waals surface area (Å²) >= 11 is 0. The van der Waals surface area contributed by atoms with Gasteiger partial charge in [0.1, 0.15) is 5.75 Å². The molecule has 0 bridgehead atoms. The van der Waals surface area contributed by atoms with Crippen molar-refractivity contribution in [2.45, 2.75) is 32.4 Å². The van der Waals surface area contributed by atoms with E-state index in [0.717, 1.165) is 42.0 Å². The number of amides is 1. The van der Waals surface area contributed by atoms with E-state index in [-0.39, 0.29) is 5.91 Å². The SMILES string of the molecule is CN=C(NCc1ccccc1CN1CCCC1=O)Nc1cccc(OCCCOC)c1. The summed E-state index contributed by atoms with van der Waals surface area (Å²) in [5.41, 5.74) is 3.21. The number of aliphatic imine (C=N–C) groups is 1. The Morgan fingerprint density at radius 2 is 1.97 bits per heavy atom. The van der Waals surface area contributed by atoms with Gasteiger partial charge in [-0.05, 0) is 29.7 Å². The number of rotatable bonds is 10. The minimum atomic E-state index is 0.240. The lowest BCUT2D eigenvalue weighted by molar-refractivity contribution is -0.128. The molecule has 31 heavy (non-hydrogen) atoms. The molecule has 1 heterocycles. The van der Waals surface area contributed by atoms with E-state index in [9.17, 15) is 4.79 Å². The molecule has 7 heteroatoms. The van der Waals surface area contributed by atoms with Crippen LogP contribution in [0.25, 0.3) is 0 Å². The summed E-state index contributed by atoms with van der Waals surface area (Å²) < 4.78 is 10.8. The Bertz CT molecular complexity index is 885. The summed E-state index contributed by atoms with van der Waals surface area (Å²) in [5, 5.41) is 6.68. The van der Waals surface area contributed by atoms with E-state index in [1.165, 1.54) is 0 Å². The van der Waals surface area contributed by atoms with Gasteiger partial charge in [0, 0.05) is 65.0 Å². The number of anilines is 1. The molecule has 0 aromatic heterocycles. The number of nitrogens with one attached hydrogen (secondary N) is 2. The third-order valence-electron chi connectivity index (χ3n) is 5.18. The topological polar surface area (TPSA) is 75.2 Å². The molecule has 0 spiro atoms. The molecule has 2 aromatic carbocycles. The molecule has 166 valence electrons. The first-order valence-corrected chi connectivity index (χ1v) is 10.7. The molecule has 0 atom stereocenters. The second-order valence-electron chi connectivity index (χ2n) is 7.46. The zero-order valence-corrected chi connectivity index (χ0v) is 18.4. The van der Waals surface area contributed by atoms with E-state index < -0.39 is 0 Å². The van der Waals surface area contributed by atoms with Crippen LogP contribution in [0, 0.1) is 0 Å². The lowest BCUT2D eigenvalue weighted by Crippen LogP contribution is -2.31. The third kappa shape index (κ3) is 7.00. The summed E-state index contributed by atoms with van der Waals surface area (Å²) in [6, 6.07) is 16.0. The fourth-order valence-corrected chi connectivity index (χ4v) is 3.51. The zero-order chi connectivity index (χ0) is 21.9. The highest BCUT2D eigenvalue weighted by Gasteiger charge is 2.20. The van der Waals surface area contributed by atoms with Crippen LogP contribution in [0.2, 0.25) is 0 Å². The smallest absolute Gasteiger partial charge is 0.222 e. The van der Waals surface area contributed by atoms with Crippen LogP contribution in [0.4, 0.5) is 5.69 Å². The van der Waals surface area contributed by atoms with E-state index in [4.69, 9.17) is 9.47 Å². The monoisotopic (exact) mass is 424 g/mol. The van der Waals surface area contributed by atoms with Crippen LogP contribution in [0.3, 0.4) is 0 Å². The van der Waals surface area contributed by atoms with Gasteiger partial charge in [-0.2, -0.15) is 0 Å². The summed E-state index contributed by atoms with van der Waals surface area (Å²) in [5.74, 6) is 1.71. The van der Waals surface area contributed by atoms with Crippen LogP contribution in [0.5, 0.6) is 5.75 Å². The Morgan fingerprint density at radius 1 is 1.13 bits per heavy atom. The Balaban J connectivity index is 1.56. The summed E-state index contributed by atoms with van der Waals surface area (Å²) in [7, 11) is 3.43. The molecule has 1 saturated heterocycles. The van der Waals surface area contributed by atoms with Crippen LogP contribution >= 0.6 is 0 Å². The average Bonchev–Trinajstić information content (AvgIpc) is 3.19. The number of guanidine groups is 1. The van der Waals surface area contributed by atoms with Gasteiger partial charge in [0.15, 0.2) is 5.96 Å². The second-order valence-corrected chi connectivity index (χ2v) is 7.46. The number of nitrogens with zero attached hydrogens (tertiary/aromatic N) is 2. The van der Waals surface area contributed by atoms with E-state index >= 15 is 0 Å². The Labute approximate surface area is 184 Å². The number of carbonyl (C=O) groups is 1. The maximum absolute atomic E-state index is 12.0. The highest BCUT2D eigenvalue weighted by molar-refractivity contribution is 5.93. The molecule has 2 N–H and O–H groups in total. The fraction of sp³-hybridized carbons (Fsp3) is 0.417. The minimum Gasteiger partial charge on any atom is -0.493 e. The number of methoxy groups -OCH3 is 1. The summed E-state index contributed by atoms with van der Waals surface area (Å²) in [4.78, 5) is 18.3. The molecule has 2 aromatic rings. The number of benzene rings is 2. The van der Waals surface area contributed by atoms with Gasteiger partial charge in [0.2, 0.25) is 5.91 Å². The van der Waals surface area contributed by atoms with Crippen molar-refractivity contribution in [2.75, 3.05) is 39.2 Å². The largest absolute Gasteiger partial charge is 0.493 e. The van der Waals surface area contributed by atoms with Gasteiger partial charge in [-0.1, -0.05) is 30.3 Å². The Hall–Kier alpha value is -3.06. The molecule has 3 rings (SSSR count). The van der Waals surface area contributed by atoms with Crippen molar-refractivity contribution < 1.29 is 14.3 Å². The average molecular weight is 425 g/mol. The number of hydrogen-bond donors (Lipinski definition) is 2. The summed E-state index contributed by atoms with van der Waals surface area (Å²) in [6.07, 6.45) is 2.46. The lowest BCUT2D eigenvalue weighted by atomic mass is 10.1. The van der Waals surface area contributed by atoms with Crippen LogP contribution in [0.1, 0.15) is 30.4 Å². The highest BCUT2D eigenvalue weighted by atomic mass is 16.5. The van der Waals surface area contributed by atoms with Gasteiger partial charge in [0.25, 0.3) is 0 Å². The van der Waals surface area contributed by atoms with Crippen molar-refractivity contribution >= 4 is 17.6 Å². The molecule has 0 radical (unpaired) electrons. The van der Waals surface area contributed by atoms with Gasteiger partial charge in [-0.3, -0.25) is 9.79 Å². The van der Waals surface area contributed by atoms with Gasteiger partial charge < -0.3 is 25.0 Å². The predicted molar refractivity (Wildman–Crippen MR) is 123 cm³/mol. The number of likely N-dealkylation sites (tertiary alicyclic amines) is 1. The zero-order valence-electron chi connectivity index (χ0n) is 18.4. The maximum Gasteiger partial charge on any atom is 0.222 e. The van der Waals surface area contributed by atoms with Crippen molar-refractivity contribution in [1.82, 2.24) is 10.2 Å². The molecule has 1 aliphatic heterocycles. The van der Waals surface area contributed by atoms with Crippen molar-refractivity contribution in [1.29, 1.82) is 0 Å². The van der Waals surface area contributed by atoms with E-state index in [0.29, 0.717) is 38.7 Å². The molecule has 0 unspecified atom stereocenters. The van der Waals surface area contributed by atoms with E-state index in [1.807, 2.05) is 41.3 Å². The van der Waals surface area contributed by atoms with Crippen LogP contribution in [0.15, 0.2) is 53.5 Å². The molecular weight excluding hydrogens is 392 g/mol. The first-order chi connectivity index (χ1) is 15.2. The summed E-state index contributed by atoms with van der Waals surface area (Å²) in [6.45, 7) is 3.41. The van der Waals surface area contributed by atoms with Gasteiger partial charge in [0.05, 0.1) is 6.61 Å². The standard InChI is InChI=1S/C24H32N4O3/c1-25-24(27-21-10-5-11-22(16-21)31-15-7-14-30-2)26-17-19-8-3-4-9-20(19)18-28-13-6-12-23(28)29/h3-5,8-11,16H,6-7,12-15,17-18H2,1-2H3,(H2,25,26,27). The molecule has 0 aliphatic carbocycles. The van der Waals surface area contributed by atoms with Crippen LogP contribution < -0.4 is 15.4 Å². The Morgan fingerprint density at radius 3 is 2.71 bits per heavy atom. The minimum absolute atomic E-state index is 0.240. The second kappa shape index (κ2) is 12.0. The highest BCUT2D eigenvalue weighted by Crippen LogP contribution is 2.19. The van der Waals surface area contributed by atoms with E-state index in [2.05, 4.69) is 27.8 Å². The molecular formula is C24H32N4O3. The van der Waals surface area contributed by atoms with E-state index in [1.54, 1.807) is 14.2 Å². The van der Waals surface area contributed by atoms with Crippen LogP contribution in [-0.2, 0) is 22.6 Å². The molecule has 7 nitrogen and oxygen atoms in total. The first-order valence-electron chi connectivity index (χ1n) is 10.7. The Kier molecular flexibility index (Phi) is 8.72. The molecule has 1 aliphatic rings. The van der Waals surface area contributed by atoms with Crippen molar-refractivity contribution in [2.24, 2.45) is 4.99 Å². The van der Waals surface area contributed by atoms with Crippen molar-refractivity contribution in [3.05, 3.63) is 59.7 Å². The number of hydrogen-bond acceptors (Lipinski definition) is 4. The predicted octanol–water partition coefficient (Wildman–Crippen LogP) is 3.41. The number of ether oxygens (including phenoxy) is 2. The molecule has 0 saturated carbocycles. The van der Waals surface area contributed by atoms with Crippen molar-refractivity contribution in [3.8, 4) is 5.75 Å². The first kappa shape index (κ1) is 22.6. The molecule has 1 fully saturated rings. The third-order valence-corrected chi connectivity index (χ3v) is 5.18. The van der Waals surface area contributed by atoms with Gasteiger partial charge >= 0.3 is 0 Å². The normalized spacial score (nSPS) is 14.1. The molecule has 1 amide bonds.